The molecule has 1 rings (SSSR count). The van der Waals surface area contributed by atoms with Gasteiger partial charge in [0, 0.05) is 37.2 Å². The van der Waals surface area contributed by atoms with Gasteiger partial charge in [0.05, 0.1) is 0 Å². The van der Waals surface area contributed by atoms with Gasteiger partial charge in [0.25, 0.3) is 0 Å². The molecule has 3 nitrogen and oxygen atoms in total. The summed E-state index contributed by atoms with van der Waals surface area (Å²) in [6.45, 7) is 1.61. The maximum absolute atomic E-state index is 11.7. The van der Waals surface area contributed by atoms with Crippen molar-refractivity contribution in [1.82, 2.24) is 10.2 Å². The molecule has 0 aliphatic heterocycles. The Bertz CT molecular complexity index is 329. The zero-order chi connectivity index (χ0) is 12.5. The lowest BCUT2D eigenvalue weighted by molar-refractivity contribution is -0.129. The van der Waals surface area contributed by atoms with Gasteiger partial charge >= 0.3 is 0 Å². The molecule has 1 N–H and O–H groups in total. The van der Waals surface area contributed by atoms with Crippen molar-refractivity contribution in [2.75, 3.05) is 32.9 Å². The maximum atomic E-state index is 11.7. The molecule has 0 bridgehead atoms. The molecule has 0 saturated heterocycles. The van der Waals surface area contributed by atoms with Crippen molar-refractivity contribution in [2.24, 2.45) is 0 Å². The van der Waals surface area contributed by atoms with Gasteiger partial charge < -0.3 is 10.2 Å². The standard InChI is InChI=1S/C13H20N2OS/c1-14-9-10-15(2)13(16)8-11-17-12-6-4-3-5-7-12/h3-7,14H,8-11H2,1-2H3. The highest BCUT2D eigenvalue weighted by Crippen LogP contribution is 2.17. The predicted octanol–water partition coefficient (Wildman–Crippen LogP) is 1.85. The van der Waals surface area contributed by atoms with Crippen molar-refractivity contribution in [3.8, 4) is 0 Å². The van der Waals surface area contributed by atoms with E-state index in [1.54, 1.807) is 16.7 Å². The molecule has 4 heteroatoms. The highest BCUT2D eigenvalue weighted by atomic mass is 32.2. The maximum Gasteiger partial charge on any atom is 0.223 e. The molecule has 0 aliphatic rings. The minimum absolute atomic E-state index is 0.212. The number of rotatable bonds is 7. The van der Waals surface area contributed by atoms with Crippen molar-refractivity contribution >= 4 is 17.7 Å². The molecule has 0 unspecified atom stereocenters. The third-order valence-corrected chi connectivity index (χ3v) is 3.46. The average molecular weight is 252 g/mol. The van der Waals surface area contributed by atoms with E-state index in [4.69, 9.17) is 0 Å². The van der Waals surface area contributed by atoms with Gasteiger partial charge in [0.2, 0.25) is 5.91 Å². The summed E-state index contributed by atoms with van der Waals surface area (Å²) < 4.78 is 0. The first kappa shape index (κ1) is 14.1. The summed E-state index contributed by atoms with van der Waals surface area (Å²) >= 11 is 1.73. The number of carbonyl (C=O) groups is 1. The summed E-state index contributed by atoms with van der Waals surface area (Å²) in [5, 5.41) is 3.04. The van der Waals surface area contributed by atoms with Crippen LogP contribution in [-0.2, 0) is 4.79 Å². The summed E-state index contributed by atoms with van der Waals surface area (Å²) in [4.78, 5) is 14.7. The molecule has 0 spiro atoms. The Morgan fingerprint density at radius 3 is 2.71 bits per heavy atom. The number of thioether (sulfide) groups is 1. The van der Waals surface area contributed by atoms with Crippen LogP contribution >= 0.6 is 11.8 Å². The number of nitrogens with zero attached hydrogens (tertiary/aromatic N) is 1. The summed E-state index contributed by atoms with van der Waals surface area (Å²) in [7, 11) is 3.75. The van der Waals surface area contributed by atoms with Crippen LogP contribution < -0.4 is 5.32 Å². The largest absolute Gasteiger partial charge is 0.344 e. The molecule has 0 heterocycles. The molecule has 1 amide bonds. The third-order valence-electron chi connectivity index (χ3n) is 2.45. The van der Waals surface area contributed by atoms with Crippen molar-refractivity contribution < 1.29 is 4.79 Å². The third kappa shape index (κ3) is 5.75. The molecule has 1 aromatic rings. The number of benzene rings is 1. The predicted molar refractivity (Wildman–Crippen MR) is 73.3 cm³/mol. The van der Waals surface area contributed by atoms with E-state index in [0.717, 1.165) is 18.8 Å². The van der Waals surface area contributed by atoms with E-state index < -0.39 is 0 Å². The van der Waals surface area contributed by atoms with Gasteiger partial charge in [-0.2, -0.15) is 0 Å². The lowest BCUT2D eigenvalue weighted by Crippen LogP contribution is -2.32. The van der Waals surface area contributed by atoms with E-state index in [9.17, 15) is 4.79 Å². The molecule has 0 saturated carbocycles. The zero-order valence-electron chi connectivity index (χ0n) is 10.5. The Hall–Kier alpha value is -1.00. The smallest absolute Gasteiger partial charge is 0.223 e. The normalized spacial score (nSPS) is 10.2. The van der Waals surface area contributed by atoms with E-state index in [2.05, 4.69) is 17.4 Å². The van der Waals surface area contributed by atoms with Gasteiger partial charge in [-0.25, -0.2) is 0 Å². The van der Waals surface area contributed by atoms with Gasteiger partial charge in [-0.05, 0) is 19.2 Å². The SMILES string of the molecule is CNCCN(C)C(=O)CCSc1ccccc1. The van der Waals surface area contributed by atoms with Gasteiger partial charge in [0.1, 0.15) is 0 Å². The van der Waals surface area contributed by atoms with Crippen molar-refractivity contribution in [3.05, 3.63) is 30.3 Å². The Morgan fingerprint density at radius 2 is 2.06 bits per heavy atom. The second kappa shape index (κ2) is 8.14. The van der Waals surface area contributed by atoms with Crippen LogP contribution in [0.15, 0.2) is 35.2 Å². The molecular weight excluding hydrogens is 232 g/mol. The van der Waals surface area contributed by atoms with Crippen molar-refractivity contribution in [2.45, 2.75) is 11.3 Å². The minimum Gasteiger partial charge on any atom is -0.344 e. The van der Waals surface area contributed by atoms with Gasteiger partial charge in [0.15, 0.2) is 0 Å². The van der Waals surface area contributed by atoms with Gasteiger partial charge in [-0.1, -0.05) is 18.2 Å². The number of carbonyl (C=O) groups excluding carboxylic acids is 1. The van der Waals surface area contributed by atoms with Crippen LogP contribution in [0.1, 0.15) is 6.42 Å². The first-order valence-electron chi connectivity index (χ1n) is 5.80. The summed E-state index contributed by atoms with van der Waals surface area (Å²) in [5.74, 6) is 1.05. The summed E-state index contributed by atoms with van der Waals surface area (Å²) in [6, 6.07) is 10.2. The molecule has 0 radical (unpaired) electrons. The van der Waals surface area contributed by atoms with Gasteiger partial charge in [-0.15, -0.1) is 11.8 Å². The Kier molecular flexibility index (Phi) is 6.74. The number of hydrogen-bond donors (Lipinski definition) is 1. The fourth-order valence-electron chi connectivity index (χ4n) is 1.37. The lowest BCUT2D eigenvalue weighted by atomic mass is 10.4. The van der Waals surface area contributed by atoms with E-state index in [1.165, 1.54) is 4.90 Å². The topological polar surface area (TPSA) is 32.3 Å². The average Bonchev–Trinajstić information content (AvgIpc) is 2.37. The van der Waals surface area contributed by atoms with Crippen LogP contribution in [-0.4, -0.2) is 43.7 Å². The number of amides is 1. The molecule has 1 aromatic carbocycles. The van der Waals surface area contributed by atoms with Crippen LogP contribution in [0.25, 0.3) is 0 Å². The second-order valence-corrected chi connectivity index (χ2v) is 5.00. The highest BCUT2D eigenvalue weighted by molar-refractivity contribution is 7.99. The Morgan fingerprint density at radius 1 is 1.35 bits per heavy atom. The Labute approximate surface area is 108 Å². The first-order valence-corrected chi connectivity index (χ1v) is 6.79. The van der Waals surface area contributed by atoms with Crippen LogP contribution in [0.5, 0.6) is 0 Å². The lowest BCUT2D eigenvalue weighted by Gasteiger charge is -2.16. The minimum atomic E-state index is 0.212. The molecule has 94 valence electrons. The molecule has 0 atom stereocenters. The number of hydrogen-bond acceptors (Lipinski definition) is 3. The highest BCUT2D eigenvalue weighted by Gasteiger charge is 2.07. The first-order chi connectivity index (χ1) is 8.24. The van der Waals surface area contributed by atoms with E-state index >= 15 is 0 Å². The summed E-state index contributed by atoms with van der Waals surface area (Å²) in [5.41, 5.74) is 0. The quantitative estimate of drug-likeness (QED) is 0.752. The zero-order valence-corrected chi connectivity index (χ0v) is 11.3. The number of likely N-dealkylation sites (N-methyl/N-ethyl adjacent to an activating group) is 2. The molecule has 0 fully saturated rings. The molecule has 17 heavy (non-hydrogen) atoms. The van der Waals surface area contributed by atoms with Gasteiger partial charge in [-0.3, -0.25) is 4.79 Å². The van der Waals surface area contributed by atoms with E-state index in [0.29, 0.717) is 6.42 Å². The summed E-state index contributed by atoms with van der Waals surface area (Å²) in [6.07, 6.45) is 0.597. The molecule has 0 aromatic heterocycles. The monoisotopic (exact) mass is 252 g/mol. The van der Waals surface area contributed by atoms with Crippen LogP contribution in [0.2, 0.25) is 0 Å². The van der Waals surface area contributed by atoms with E-state index in [-0.39, 0.29) is 5.91 Å². The van der Waals surface area contributed by atoms with Crippen LogP contribution in [0, 0.1) is 0 Å². The fraction of sp³-hybridized carbons (Fsp3) is 0.462. The van der Waals surface area contributed by atoms with Crippen LogP contribution in [0.4, 0.5) is 0 Å². The van der Waals surface area contributed by atoms with E-state index in [1.807, 2.05) is 32.3 Å². The Balaban J connectivity index is 2.20. The number of nitrogens with one attached hydrogen (secondary N) is 1. The molecule has 0 aliphatic carbocycles. The second-order valence-electron chi connectivity index (χ2n) is 3.83. The fourth-order valence-corrected chi connectivity index (χ4v) is 2.23. The van der Waals surface area contributed by atoms with Crippen molar-refractivity contribution in [1.29, 1.82) is 0 Å². The molecular formula is C13H20N2OS. The van der Waals surface area contributed by atoms with Crippen LogP contribution in [0.3, 0.4) is 0 Å². The van der Waals surface area contributed by atoms with Crippen molar-refractivity contribution in [3.63, 3.8) is 0 Å².